The zero-order chi connectivity index (χ0) is 18.6. The lowest BCUT2D eigenvalue weighted by Crippen LogP contribution is -2.35. The van der Waals surface area contributed by atoms with Crippen LogP contribution in [0.1, 0.15) is 50.5 Å². The van der Waals surface area contributed by atoms with Crippen molar-refractivity contribution in [3.63, 3.8) is 0 Å². The second-order valence-electron chi connectivity index (χ2n) is 7.27. The molecule has 1 unspecified atom stereocenters. The first-order chi connectivity index (χ1) is 12.7. The molecule has 0 amide bonds. The molecule has 0 spiro atoms. The highest BCUT2D eigenvalue weighted by molar-refractivity contribution is 5.73. The molecule has 5 heteroatoms. The summed E-state index contributed by atoms with van der Waals surface area (Å²) in [5, 5.41) is 15.3. The number of aliphatic carboxylic acids is 1. The molecule has 0 aromatic heterocycles. The zero-order valence-corrected chi connectivity index (χ0v) is 16.0. The SMILES string of the molecule is CNC(Cc1ccc(OCCCCCCC2CCNCC2)cc1)C(=O)O. The fourth-order valence-electron chi connectivity index (χ4n) is 3.52. The fraction of sp³-hybridized carbons (Fsp3) is 0.667. The smallest absolute Gasteiger partial charge is 0.321 e. The van der Waals surface area contributed by atoms with Gasteiger partial charge in [-0.1, -0.05) is 37.8 Å². The molecule has 1 aliphatic heterocycles. The average Bonchev–Trinajstić information content (AvgIpc) is 2.67. The molecule has 1 fully saturated rings. The van der Waals surface area contributed by atoms with E-state index >= 15 is 0 Å². The minimum atomic E-state index is -0.826. The molecule has 26 heavy (non-hydrogen) atoms. The molecule has 0 saturated carbocycles. The van der Waals surface area contributed by atoms with Crippen LogP contribution < -0.4 is 15.4 Å². The summed E-state index contributed by atoms with van der Waals surface area (Å²) >= 11 is 0. The number of piperidine rings is 1. The number of carbonyl (C=O) groups is 1. The Morgan fingerprint density at radius 1 is 1.19 bits per heavy atom. The highest BCUT2D eigenvalue weighted by Gasteiger charge is 2.15. The Balaban J connectivity index is 1.54. The molecule has 5 nitrogen and oxygen atoms in total. The van der Waals surface area contributed by atoms with E-state index in [1.54, 1.807) is 7.05 Å². The van der Waals surface area contributed by atoms with Gasteiger partial charge in [-0.2, -0.15) is 0 Å². The van der Waals surface area contributed by atoms with Crippen molar-refractivity contribution in [2.24, 2.45) is 5.92 Å². The summed E-state index contributed by atoms with van der Waals surface area (Å²) in [5.74, 6) is 0.974. The molecule has 0 aliphatic carbocycles. The third kappa shape index (κ3) is 7.75. The minimum Gasteiger partial charge on any atom is -0.494 e. The van der Waals surface area contributed by atoms with Gasteiger partial charge in [0.05, 0.1) is 6.61 Å². The molecule has 1 aromatic rings. The van der Waals surface area contributed by atoms with Gasteiger partial charge in [0, 0.05) is 0 Å². The van der Waals surface area contributed by atoms with Crippen LogP contribution in [0, 0.1) is 5.92 Å². The third-order valence-corrected chi connectivity index (χ3v) is 5.24. The van der Waals surface area contributed by atoms with Crippen molar-refractivity contribution in [3.8, 4) is 5.75 Å². The number of hydrogen-bond donors (Lipinski definition) is 3. The molecule has 1 aliphatic rings. The van der Waals surface area contributed by atoms with E-state index in [1.807, 2.05) is 24.3 Å². The third-order valence-electron chi connectivity index (χ3n) is 5.24. The number of rotatable bonds is 12. The van der Waals surface area contributed by atoms with Gasteiger partial charge in [0.15, 0.2) is 0 Å². The highest BCUT2D eigenvalue weighted by atomic mass is 16.5. The van der Waals surface area contributed by atoms with E-state index in [0.29, 0.717) is 6.42 Å². The Hall–Kier alpha value is -1.59. The monoisotopic (exact) mass is 362 g/mol. The molecule has 3 N–H and O–H groups in total. The summed E-state index contributed by atoms with van der Waals surface area (Å²) in [4.78, 5) is 11.1. The molecular formula is C21H34N2O3. The number of carboxylic acids is 1. The number of carboxylic acid groups (broad SMARTS) is 1. The second kappa shape index (κ2) is 11.9. The van der Waals surface area contributed by atoms with Gasteiger partial charge in [-0.05, 0) is 69.4 Å². The number of benzene rings is 1. The molecule has 0 radical (unpaired) electrons. The number of nitrogens with one attached hydrogen (secondary N) is 2. The van der Waals surface area contributed by atoms with Gasteiger partial charge in [0.2, 0.25) is 0 Å². The van der Waals surface area contributed by atoms with Gasteiger partial charge in [-0.15, -0.1) is 0 Å². The van der Waals surface area contributed by atoms with E-state index in [0.717, 1.165) is 30.3 Å². The Morgan fingerprint density at radius 3 is 2.54 bits per heavy atom. The summed E-state index contributed by atoms with van der Waals surface area (Å²) < 4.78 is 5.80. The number of hydrogen-bond acceptors (Lipinski definition) is 4. The first kappa shape index (κ1) is 20.7. The average molecular weight is 363 g/mol. The van der Waals surface area contributed by atoms with Crippen LogP contribution in [0.2, 0.25) is 0 Å². The lowest BCUT2D eigenvalue weighted by atomic mass is 9.92. The number of unbranched alkanes of at least 4 members (excludes halogenated alkanes) is 3. The van der Waals surface area contributed by atoms with Gasteiger partial charge in [0.1, 0.15) is 11.8 Å². The van der Waals surface area contributed by atoms with E-state index < -0.39 is 12.0 Å². The van der Waals surface area contributed by atoms with E-state index in [1.165, 1.54) is 51.6 Å². The highest BCUT2D eigenvalue weighted by Crippen LogP contribution is 2.20. The predicted octanol–water partition coefficient (Wildman–Crippen LogP) is 3.23. The maximum absolute atomic E-state index is 11.1. The van der Waals surface area contributed by atoms with Crippen LogP contribution in [0.25, 0.3) is 0 Å². The molecule has 1 aromatic carbocycles. The molecule has 1 atom stereocenters. The van der Waals surface area contributed by atoms with Gasteiger partial charge < -0.3 is 20.5 Å². The quantitative estimate of drug-likeness (QED) is 0.498. The fourth-order valence-corrected chi connectivity index (χ4v) is 3.52. The predicted molar refractivity (Wildman–Crippen MR) is 105 cm³/mol. The number of ether oxygens (including phenoxy) is 1. The Morgan fingerprint density at radius 2 is 1.88 bits per heavy atom. The lowest BCUT2D eigenvalue weighted by Gasteiger charge is -2.22. The van der Waals surface area contributed by atoms with E-state index in [-0.39, 0.29) is 0 Å². The Kier molecular flexibility index (Phi) is 9.50. The van der Waals surface area contributed by atoms with Crippen LogP contribution in [-0.4, -0.2) is 43.9 Å². The van der Waals surface area contributed by atoms with Crippen molar-refractivity contribution in [3.05, 3.63) is 29.8 Å². The molecule has 2 rings (SSSR count). The van der Waals surface area contributed by atoms with Crippen LogP contribution >= 0.6 is 0 Å². The standard InChI is InChI=1S/C21H34N2O3/c1-22-20(21(24)25)16-18-7-9-19(10-8-18)26-15-5-3-2-4-6-17-11-13-23-14-12-17/h7-10,17,20,22-23H,2-6,11-16H2,1H3,(H,24,25). The van der Waals surface area contributed by atoms with Crippen LogP contribution in [0.4, 0.5) is 0 Å². The van der Waals surface area contributed by atoms with Gasteiger partial charge in [-0.3, -0.25) is 4.79 Å². The van der Waals surface area contributed by atoms with Crippen molar-refractivity contribution < 1.29 is 14.6 Å². The van der Waals surface area contributed by atoms with Crippen molar-refractivity contribution in [2.75, 3.05) is 26.7 Å². The van der Waals surface area contributed by atoms with Crippen molar-refractivity contribution >= 4 is 5.97 Å². The van der Waals surface area contributed by atoms with Gasteiger partial charge in [-0.25, -0.2) is 0 Å². The first-order valence-electron chi connectivity index (χ1n) is 10.0. The van der Waals surface area contributed by atoms with E-state index in [4.69, 9.17) is 9.84 Å². The van der Waals surface area contributed by atoms with Crippen LogP contribution in [0.15, 0.2) is 24.3 Å². The largest absolute Gasteiger partial charge is 0.494 e. The summed E-state index contributed by atoms with van der Waals surface area (Å²) in [7, 11) is 1.67. The Bertz CT molecular complexity index is 512. The minimum absolute atomic E-state index is 0.475. The normalized spacial score (nSPS) is 16.3. The molecule has 146 valence electrons. The summed E-state index contributed by atoms with van der Waals surface area (Å²) in [5.41, 5.74) is 0.997. The second-order valence-corrected chi connectivity index (χ2v) is 7.27. The van der Waals surface area contributed by atoms with Crippen molar-refractivity contribution in [1.82, 2.24) is 10.6 Å². The van der Waals surface area contributed by atoms with Crippen molar-refractivity contribution in [1.29, 1.82) is 0 Å². The van der Waals surface area contributed by atoms with Gasteiger partial charge in [0.25, 0.3) is 0 Å². The van der Waals surface area contributed by atoms with Gasteiger partial charge >= 0.3 is 5.97 Å². The first-order valence-corrected chi connectivity index (χ1v) is 10.0. The van der Waals surface area contributed by atoms with E-state index in [2.05, 4.69) is 10.6 Å². The molecule has 1 saturated heterocycles. The summed E-state index contributed by atoms with van der Waals surface area (Å²) in [6.07, 6.45) is 9.52. The topological polar surface area (TPSA) is 70.6 Å². The molecule has 0 bridgehead atoms. The maximum Gasteiger partial charge on any atom is 0.321 e. The Labute approximate surface area is 157 Å². The van der Waals surface area contributed by atoms with Crippen molar-refractivity contribution in [2.45, 2.75) is 57.4 Å². The molecule has 1 heterocycles. The van der Waals surface area contributed by atoms with Crippen LogP contribution in [-0.2, 0) is 11.2 Å². The maximum atomic E-state index is 11.1. The van der Waals surface area contributed by atoms with Crippen LogP contribution in [0.3, 0.4) is 0 Å². The zero-order valence-electron chi connectivity index (χ0n) is 16.0. The lowest BCUT2D eigenvalue weighted by molar-refractivity contribution is -0.139. The van der Waals surface area contributed by atoms with Crippen LogP contribution in [0.5, 0.6) is 5.75 Å². The van der Waals surface area contributed by atoms with E-state index in [9.17, 15) is 4.79 Å². The molecular weight excluding hydrogens is 328 g/mol. The summed E-state index contributed by atoms with van der Waals surface area (Å²) in [6, 6.07) is 7.21. The summed E-state index contributed by atoms with van der Waals surface area (Å²) in [6.45, 7) is 3.15. The number of likely N-dealkylation sites (N-methyl/N-ethyl adjacent to an activating group) is 1.